The third-order valence-corrected chi connectivity index (χ3v) is 5.00. The first-order valence-corrected chi connectivity index (χ1v) is 9.90. The van der Waals surface area contributed by atoms with Crippen LogP contribution in [0.4, 0.5) is 0 Å². The number of primary amides is 1. The quantitative estimate of drug-likeness (QED) is 0.166. The molecule has 6 atom stereocenters. The molecule has 176 valence electrons. The van der Waals surface area contributed by atoms with Gasteiger partial charge >= 0.3 is 5.97 Å². The molecule has 0 radical (unpaired) electrons. The average Bonchev–Trinajstić information content (AvgIpc) is 3.17. The highest BCUT2D eigenvalue weighted by Gasteiger charge is 2.39. The summed E-state index contributed by atoms with van der Waals surface area (Å²) in [6.07, 6.45) is -2.36. The summed E-state index contributed by atoms with van der Waals surface area (Å²) in [4.78, 5) is 61.4. The van der Waals surface area contributed by atoms with Crippen LogP contribution in [0, 0.1) is 0 Å². The van der Waals surface area contributed by atoms with Crippen LogP contribution in [0.15, 0.2) is 0 Å². The molecule has 0 spiro atoms. The fraction of sp³-hybridized carbons (Fsp3) is 0.722. The third-order valence-electron chi connectivity index (χ3n) is 5.00. The Balaban J connectivity index is 3.01. The molecule has 4 amide bonds. The van der Waals surface area contributed by atoms with Gasteiger partial charge < -0.3 is 42.3 Å². The molecule has 9 N–H and O–H groups in total. The van der Waals surface area contributed by atoms with Crippen molar-refractivity contribution >= 4 is 29.6 Å². The zero-order chi connectivity index (χ0) is 23.9. The molecule has 1 heterocycles. The summed E-state index contributed by atoms with van der Waals surface area (Å²) in [5.74, 6) is -4.48. The van der Waals surface area contributed by atoms with Crippen LogP contribution >= 0.6 is 0 Å². The number of aliphatic hydroxyl groups excluding tert-OH is 2. The van der Waals surface area contributed by atoms with Gasteiger partial charge in [0, 0.05) is 13.0 Å². The number of nitrogens with two attached hydrogens (primary N) is 2. The molecule has 0 aliphatic carbocycles. The lowest BCUT2D eigenvalue weighted by Gasteiger charge is -2.29. The zero-order valence-corrected chi connectivity index (χ0v) is 17.5. The molecule has 1 aliphatic rings. The minimum Gasteiger partial charge on any atom is -0.480 e. The summed E-state index contributed by atoms with van der Waals surface area (Å²) < 4.78 is 0. The van der Waals surface area contributed by atoms with E-state index in [1.54, 1.807) is 0 Å². The van der Waals surface area contributed by atoms with E-state index in [2.05, 4.69) is 10.6 Å². The van der Waals surface area contributed by atoms with E-state index in [-0.39, 0.29) is 25.8 Å². The predicted octanol–water partition coefficient (Wildman–Crippen LogP) is -3.61. The monoisotopic (exact) mass is 445 g/mol. The van der Waals surface area contributed by atoms with Crippen molar-refractivity contribution in [3.8, 4) is 0 Å². The first kappa shape index (κ1) is 26.3. The van der Waals surface area contributed by atoms with Crippen LogP contribution in [0.5, 0.6) is 0 Å². The number of carbonyl (C=O) groups excluding carboxylic acids is 4. The first-order chi connectivity index (χ1) is 14.4. The normalized spacial score (nSPS) is 20.8. The number of likely N-dealkylation sites (tertiary alicyclic amines) is 1. The Kier molecular flexibility index (Phi) is 9.81. The zero-order valence-electron chi connectivity index (χ0n) is 17.5. The van der Waals surface area contributed by atoms with Gasteiger partial charge in [-0.1, -0.05) is 0 Å². The SMILES string of the molecule is CC(O)C(N)C(=O)NC(C(=O)NC(CCC(N)=O)C(=O)N1CCCC1C(=O)O)C(C)O. The maximum Gasteiger partial charge on any atom is 0.326 e. The molecule has 1 fully saturated rings. The van der Waals surface area contributed by atoms with Crippen molar-refractivity contribution in [3.05, 3.63) is 0 Å². The highest BCUT2D eigenvalue weighted by atomic mass is 16.4. The van der Waals surface area contributed by atoms with Crippen molar-refractivity contribution in [2.75, 3.05) is 6.54 Å². The molecule has 1 saturated heterocycles. The Morgan fingerprint density at radius 2 is 1.68 bits per heavy atom. The highest BCUT2D eigenvalue weighted by Crippen LogP contribution is 2.19. The number of nitrogens with one attached hydrogen (secondary N) is 2. The van der Waals surface area contributed by atoms with Crippen LogP contribution in [0.3, 0.4) is 0 Å². The van der Waals surface area contributed by atoms with Crippen LogP contribution in [0.25, 0.3) is 0 Å². The van der Waals surface area contributed by atoms with Gasteiger partial charge in [-0.15, -0.1) is 0 Å². The number of hydrogen-bond donors (Lipinski definition) is 7. The molecular weight excluding hydrogens is 414 g/mol. The van der Waals surface area contributed by atoms with Gasteiger partial charge in [0.05, 0.1) is 12.2 Å². The molecule has 6 unspecified atom stereocenters. The molecular formula is C18H31N5O8. The summed E-state index contributed by atoms with van der Waals surface area (Å²) in [5, 5.41) is 33.2. The van der Waals surface area contributed by atoms with Crippen molar-refractivity contribution in [2.24, 2.45) is 11.5 Å². The fourth-order valence-corrected chi connectivity index (χ4v) is 3.17. The topological polar surface area (TPSA) is 225 Å². The van der Waals surface area contributed by atoms with E-state index < -0.39 is 66.0 Å². The van der Waals surface area contributed by atoms with Gasteiger partial charge in [0.25, 0.3) is 0 Å². The third kappa shape index (κ3) is 7.45. The second kappa shape index (κ2) is 11.6. The van der Waals surface area contributed by atoms with Crippen LogP contribution in [0.1, 0.15) is 39.5 Å². The number of aliphatic carboxylic acids is 1. The van der Waals surface area contributed by atoms with E-state index in [4.69, 9.17) is 11.5 Å². The van der Waals surface area contributed by atoms with E-state index in [0.29, 0.717) is 6.42 Å². The number of carboxylic acids is 1. The predicted molar refractivity (Wildman–Crippen MR) is 106 cm³/mol. The van der Waals surface area contributed by atoms with Gasteiger partial charge in [-0.2, -0.15) is 0 Å². The van der Waals surface area contributed by atoms with Gasteiger partial charge in [0.15, 0.2) is 0 Å². The molecule has 0 aromatic rings. The second-order valence-corrected chi connectivity index (χ2v) is 7.59. The van der Waals surface area contributed by atoms with Crippen molar-refractivity contribution in [1.29, 1.82) is 0 Å². The van der Waals surface area contributed by atoms with Crippen molar-refractivity contribution in [3.63, 3.8) is 0 Å². The fourth-order valence-electron chi connectivity index (χ4n) is 3.17. The Bertz CT molecular complexity index is 698. The van der Waals surface area contributed by atoms with E-state index in [9.17, 15) is 39.3 Å². The summed E-state index contributed by atoms with van der Waals surface area (Å²) in [5.41, 5.74) is 10.7. The highest BCUT2D eigenvalue weighted by molar-refractivity contribution is 5.94. The number of hydrogen-bond acceptors (Lipinski definition) is 8. The molecule has 0 bridgehead atoms. The van der Waals surface area contributed by atoms with Gasteiger partial charge in [0.2, 0.25) is 23.6 Å². The lowest BCUT2D eigenvalue weighted by Crippen LogP contribution is -2.60. The van der Waals surface area contributed by atoms with Gasteiger partial charge in [-0.25, -0.2) is 4.79 Å². The molecule has 0 saturated carbocycles. The maximum atomic E-state index is 12.9. The molecule has 1 aliphatic heterocycles. The average molecular weight is 445 g/mol. The number of carboxylic acid groups (broad SMARTS) is 1. The molecule has 13 heteroatoms. The largest absolute Gasteiger partial charge is 0.480 e. The summed E-state index contributed by atoms with van der Waals surface area (Å²) in [7, 11) is 0. The second-order valence-electron chi connectivity index (χ2n) is 7.59. The number of nitrogens with zero attached hydrogens (tertiary/aromatic N) is 1. The standard InChI is InChI=1S/C18H31N5O8/c1-8(24)13(20)15(27)22-14(9(2)25)16(28)21-10(5-6-12(19)26)17(29)23-7-3-4-11(23)18(30)31/h8-11,13-14,24-25H,3-7,20H2,1-2H3,(H2,19,26)(H,21,28)(H,22,27)(H,30,31). The van der Waals surface area contributed by atoms with Crippen LogP contribution in [-0.2, 0) is 24.0 Å². The van der Waals surface area contributed by atoms with Gasteiger partial charge in [-0.3, -0.25) is 19.2 Å². The van der Waals surface area contributed by atoms with E-state index in [0.717, 1.165) is 4.90 Å². The van der Waals surface area contributed by atoms with E-state index in [1.807, 2.05) is 0 Å². The molecule has 31 heavy (non-hydrogen) atoms. The Labute approximate surface area is 179 Å². The maximum absolute atomic E-state index is 12.9. The number of amides is 4. The van der Waals surface area contributed by atoms with Crippen LogP contribution < -0.4 is 22.1 Å². The van der Waals surface area contributed by atoms with E-state index in [1.165, 1.54) is 13.8 Å². The van der Waals surface area contributed by atoms with E-state index >= 15 is 0 Å². The van der Waals surface area contributed by atoms with Gasteiger partial charge in [-0.05, 0) is 33.1 Å². The number of rotatable bonds is 11. The number of aliphatic hydroxyl groups is 2. The van der Waals surface area contributed by atoms with Crippen LogP contribution in [0.2, 0.25) is 0 Å². The number of carbonyl (C=O) groups is 5. The molecule has 13 nitrogen and oxygen atoms in total. The van der Waals surface area contributed by atoms with Crippen molar-refractivity contribution in [1.82, 2.24) is 15.5 Å². The minimum atomic E-state index is -1.52. The molecule has 1 rings (SSSR count). The first-order valence-electron chi connectivity index (χ1n) is 9.90. The Morgan fingerprint density at radius 1 is 1.06 bits per heavy atom. The lowest BCUT2D eigenvalue weighted by atomic mass is 10.1. The Morgan fingerprint density at radius 3 is 2.16 bits per heavy atom. The summed E-state index contributed by atoms with van der Waals surface area (Å²) >= 11 is 0. The Hall–Kier alpha value is -2.77. The lowest BCUT2D eigenvalue weighted by molar-refractivity contribution is -0.149. The molecule has 0 aromatic heterocycles. The summed E-state index contributed by atoms with van der Waals surface area (Å²) in [6, 6.07) is -5.24. The van der Waals surface area contributed by atoms with Crippen LogP contribution in [-0.4, -0.2) is 92.7 Å². The smallest absolute Gasteiger partial charge is 0.326 e. The minimum absolute atomic E-state index is 0.165. The van der Waals surface area contributed by atoms with Gasteiger partial charge in [0.1, 0.15) is 24.2 Å². The van der Waals surface area contributed by atoms with Crippen molar-refractivity contribution < 1.29 is 39.3 Å². The molecule has 0 aromatic carbocycles. The summed E-state index contributed by atoms with van der Waals surface area (Å²) in [6.45, 7) is 2.66. The van der Waals surface area contributed by atoms with Crippen molar-refractivity contribution in [2.45, 2.75) is 75.9 Å².